The maximum absolute atomic E-state index is 13.2. The molecule has 1 atom stereocenters. The predicted octanol–water partition coefficient (Wildman–Crippen LogP) is 4.27. The molecule has 0 saturated heterocycles. The Bertz CT molecular complexity index is 663. The number of amides is 1. The first-order valence-corrected chi connectivity index (χ1v) is 7.37. The first-order chi connectivity index (χ1) is 10.9. The molecule has 2 aromatic carbocycles. The van der Waals surface area contributed by atoms with Crippen LogP contribution in [0.2, 0.25) is 0 Å². The van der Waals surface area contributed by atoms with Crippen molar-refractivity contribution in [3.63, 3.8) is 0 Å². The molecule has 2 rings (SSSR count). The number of hydrogen-bond donors (Lipinski definition) is 1. The first kappa shape index (κ1) is 17.1. The fourth-order valence-corrected chi connectivity index (χ4v) is 2.43. The van der Waals surface area contributed by atoms with Crippen LogP contribution in [-0.2, 0) is 0 Å². The van der Waals surface area contributed by atoms with E-state index in [2.05, 4.69) is 5.32 Å². The summed E-state index contributed by atoms with van der Waals surface area (Å²) in [7, 11) is 0. The standard InChI is InChI=1S/C18H18F3NO/c1-11(2)14(12-6-4-3-5-7-12)10-22-18(23)13-8-15(19)17(21)16(20)9-13/h3-9,11,14H,10H2,1-2H3,(H,22,23). The van der Waals surface area contributed by atoms with Gasteiger partial charge in [-0.1, -0.05) is 44.2 Å². The molecule has 122 valence electrons. The van der Waals surface area contributed by atoms with Crippen molar-refractivity contribution in [2.75, 3.05) is 6.54 Å². The Balaban J connectivity index is 2.11. The van der Waals surface area contributed by atoms with E-state index in [1.54, 1.807) is 0 Å². The molecule has 0 spiro atoms. The molecule has 0 aliphatic rings. The molecule has 2 aromatic rings. The second-order valence-corrected chi connectivity index (χ2v) is 5.73. The van der Waals surface area contributed by atoms with Crippen LogP contribution in [0.3, 0.4) is 0 Å². The molecule has 1 unspecified atom stereocenters. The van der Waals surface area contributed by atoms with E-state index in [4.69, 9.17) is 0 Å². The molecule has 0 fully saturated rings. The highest BCUT2D eigenvalue weighted by atomic mass is 19.2. The molecule has 0 radical (unpaired) electrons. The smallest absolute Gasteiger partial charge is 0.251 e. The number of carbonyl (C=O) groups excluding carboxylic acids is 1. The molecule has 1 amide bonds. The van der Waals surface area contributed by atoms with Crippen molar-refractivity contribution in [3.05, 3.63) is 71.0 Å². The number of halogens is 3. The topological polar surface area (TPSA) is 29.1 Å². The van der Waals surface area contributed by atoms with Gasteiger partial charge >= 0.3 is 0 Å². The van der Waals surface area contributed by atoms with Crippen LogP contribution in [0.4, 0.5) is 13.2 Å². The first-order valence-electron chi connectivity index (χ1n) is 7.37. The summed E-state index contributed by atoms with van der Waals surface area (Å²) in [6, 6.07) is 11.1. The summed E-state index contributed by atoms with van der Waals surface area (Å²) in [5, 5.41) is 2.66. The average molecular weight is 321 g/mol. The van der Waals surface area contributed by atoms with Crippen molar-refractivity contribution in [2.24, 2.45) is 5.92 Å². The van der Waals surface area contributed by atoms with E-state index < -0.39 is 23.4 Å². The van der Waals surface area contributed by atoms with Gasteiger partial charge in [0.05, 0.1) is 0 Å². The fraction of sp³-hybridized carbons (Fsp3) is 0.278. The van der Waals surface area contributed by atoms with Crippen LogP contribution < -0.4 is 5.32 Å². The summed E-state index contributed by atoms with van der Waals surface area (Å²) in [4.78, 5) is 12.1. The fourth-order valence-electron chi connectivity index (χ4n) is 2.43. The summed E-state index contributed by atoms with van der Waals surface area (Å²) >= 11 is 0. The molecule has 0 heterocycles. The summed E-state index contributed by atoms with van der Waals surface area (Å²) in [5.74, 6) is -4.64. The van der Waals surface area contributed by atoms with E-state index in [0.29, 0.717) is 18.7 Å². The Morgan fingerprint density at radius 3 is 2.13 bits per heavy atom. The second kappa shape index (κ2) is 7.31. The van der Waals surface area contributed by atoms with Gasteiger partial charge in [-0.3, -0.25) is 4.79 Å². The molecule has 5 heteroatoms. The molecule has 0 bridgehead atoms. The lowest BCUT2D eigenvalue weighted by atomic mass is 9.88. The van der Waals surface area contributed by atoms with Crippen LogP contribution in [0.25, 0.3) is 0 Å². The van der Waals surface area contributed by atoms with Gasteiger partial charge in [-0.25, -0.2) is 13.2 Å². The lowest BCUT2D eigenvalue weighted by Gasteiger charge is -2.22. The van der Waals surface area contributed by atoms with Crippen molar-refractivity contribution >= 4 is 5.91 Å². The van der Waals surface area contributed by atoms with Gasteiger partial charge in [0, 0.05) is 18.0 Å². The van der Waals surface area contributed by atoms with Gasteiger partial charge in [0.2, 0.25) is 0 Å². The van der Waals surface area contributed by atoms with Crippen LogP contribution >= 0.6 is 0 Å². The lowest BCUT2D eigenvalue weighted by molar-refractivity contribution is 0.0948. The SMILES string of the molecule is CC(C)C(CNC(=O)c1cc(F)c(F)c(F)c1)c1ccccc1. The van der Waals surface area contributed by atoms with E-state index in [1.165, 1.54) is 0 Å². The zero-order valence-corrected chi connectivity index (χ0v) is 12.9. The zero-order chi connectivity index (χ0) is 17.0. The Kier molecular flexibility index (Phi) is 5.42. The third-order valence-corrected chi connectivity index (χ3v) is 3.76. The monoisotopic (exact) mass is 321 g/mol. The quantitative estimate of drug-likeness (QED) is 0.819. The summed E-state index contributed by atoms with van der Waals surface area (Å²) in [6.45, 7) is 4.38. The molecule has 0 aliphatic heterocycles. The molecule has 0 aliphatic carbocycles. The minimum absolute atomic E-state index is 0.0651. The van der Waals surface area contributed by atoms with E-state index in [0.717, 1.165) is 5.56 Å². The van der Waals surface area contributed by atoms with E-state index in [9.17, 15) is 18.0 Å². The molecule has 23 heavy (non-hydrogen) atoms. The number of carbonyl (C=O) groups is 1. The van der Waals surface area contributed by atoms with Crippen LogP contribution in [0.1, 0.15) is 35.7 Å². The van der Waals surface area contributed by atoms with Crippen LogP contribution in [-0.4, -0.2) is 12.5 Å². The average Bonchev–Trinajstić information content (AvgIpc) is 2.52. The van der Waals surface area contributed by atoms with Crippen LogP contribution in [0.15, 0.2) is 42.5 Å². The van der Waals surface area contributed by atoms with Crippen molar-refractivity contribution in [2.45, 2.75) is 19.8 Å². The van der Waals surface area contributed by atoms with E-state index >= 15 is 0 Å². The van der Waals surface area contributed by atoms with Crippen molar-refractivity contribution in [1.82, 2.24) is 5.32 Å². The minimum Gasteiger partial charge on any atom is -0.351 e. The van der Waals surface area contributed by atoms with Gasteiger partial charge in [0.25, 0.3) is 5.91 Å². The van der Waals surface area contributed by atoms with E-state index in [1.807, 2.05) is 44.2 Å². The highest BCUT2D eigenvalue weighted by molar-refractivity contribution is 5.94. The maximum atomic E-state index is 13.2. The minimum atomic E-state index is -1.58. The van der Waals surface area contributed by atoms with Gasteiger partial charge in [-0.05, 0) is 23.6 Å². The van der Waals surface area contributed by atoms with Gasteiger partial charge in [0.1, 0.15) is 0 Å². The van der Waals surface area contributed by atoms with Gasteiger partial charge in [-0.15, -0.1) is 0 Å². The van der Waals surface area contributed by atoms with Gasteiger partial charge < -0.3 is 5.32 Å². The van der Waals surface area contributed by atoms with Crippen LogP contribution in [0.5, 0.6) is 0 Å². The molecule has 0 saturated carbocycles. The zero-order valence-electron chi connectivity index (χ0n) is 12.9. The lowest BCUT2D eigenvalue weighted by Crippen LogP contribution is -2.30. The van der Waals surface area contributed by atoms with Crippen molar-refractivity contribution in [3.8, 4) is 0 Å². The highest BCUT2D eigenvalue weighted by Crippen LogP contribution is 2.23. The second-order valence-electron chi connectivity index (χ2n) is 5.73. The number of hydrogen-bond acceptors (Lipinski definition) is 1. The summed E-state index contributed by atoms with van der Waals surface area (Å²) < 4.78 is 39.3. The van der Waals surface area contributed by atoms with Crippen molar-refractivity contribution < 1.29 is 18.0 Å². The number of benzene rings is 2. The summed E-state index contributed by atoms with van der Waals surface area (Å²) in [5.41, 5.74) is 0.830. The number of rotatable bonds is 5. The Hall–Kier alpha value is -2.30. The normalized spacial score (nSPS) is 12.3. The molecule has 2 nitrogen and oxygen atoms in total. The predicted molar refractivity (Wildman–Crippen MR) is 82.7 cm³/mol. The molecule has 0 aromatic heterocycles. The van der Waals surface area contributed by atoms with E-state index in [-0.39, 0.29) is 17.4 Å². The Morgan fingerprint density at radius 1 is 1.04 bits per heavy atom. The highest BCUT2D eigenvalue weighted by Gasteiger charge is 2.19. The third kappa shape index (κ3) is 4.12. The largest absolute Gasteiger partial charge is 0.351 e. The van der Waals surface area contributed by atoms with Crippen molar-refractivity contribution in [1.29, 1.82) is 0 Å². The third-order valence-electron chi connectivity index (χ3n) is 3.76. The molecular weight excluding hydrogens is 303 g/mol. The maximum Gasteiger partial charge on any atom is 0.251 e. The Labute approximate surface area is 133 Å². The van der Waals surface area contributed by atoms with Gasteiger partial charge in [0.15, 0.2) is 17.5 Å². The number of nitrogens with one attached hydrogen (secondary N) is 1. The molecule has 1 N–H and O–H groups in total. The Morgan fingerprint density at radius 2 is 1.61 bits per heavy atom. The molecular formula is C18H18F3NO. The van der Waals surface area contributed by atoms with Gasteiger partial charge in [-0.2, -0.15) is 0 Å². The van der Waals surface area contributed by atoms with Crippen LogP contribution in [0, 0.1) is 23.4 Å². The summed E-state index contributed by atoms with van der Waals surface area (Å²) in [6.07, 6.45) is 0.